The van der Waals surface area contributed by atoms with E-state index >= 15 is 0 Å². The maximum Gasteiger partial charge on any atom is 0.313 e. The Kier molecular flexibility index (Phi) is 23.0. The first kappa shape index (κ1) is 39.0. The lowest BCUT2D eigenvalue weighted by Crippen LogP contribution is -2.16. The van der Waals surface area contributed by atoms with E-state index < -0.39 is 23.4 Å². The van der Waals surface area contributed by atoms with Gasteiger partial charge >= 0.3 is 5.97 Å². The van der Waals surface area contributed by atoms with Crippen molar-refractivity contribution in [2.24, 2.45) is 0 Å². The smallest absolute Gasteiger partial charge is 0.313 e. The quantitative estimate of drug-likeness (QED) is 0.0759. The Morgan fingerprint density at radius 2 is 0.930 bits per heavy atom. The fourth-order valence-corrected chi connectivity index (χ4v) is 3.61. The van der Waals surface area contributed by atoms with Crippen molar-refractivity contribution in [2.75, 3.05) is 106 Å². The van der Waals surface area contributed by atoms with Crippen LogP contribution in [0.2, 0.25) is 0 Å². The summed E-state index contributed by atoms with van der Waals surface area (Å²) in [5, 5.41) is 0. The molecule has 1 rings (SSSR count). The van der Waals surface area contributed by atoms with Gasteiger partial charge in [0, 0.05) is 12.2 Å². The lowest BCUT2D eigenvalue weighted by atomic mass is 9.96. The maximum atomic E-state index is 14.5. The summed E-state index contributed by atoms with van der Waals surface area (Å²) in [6, 6.07) is 0. The second-order valence-electron chi connectivity index (χ2n) is 9.49. The van der Waals surface area contributed by atoms with Crippen LogP contribution in [0, 0.1) is 25.5 Å². The van der Waals surface area contributed by atoms with Crippen LogP contribution in [0.5, 0.6) is 5.75 Å². The van der Waals surface area contributed by atoms with E-state index in [9.17, 15) is 13.6 Å². The molecule has 0 spiro atoms. The third-order valence-electron chi connectivity index (χ3n) is 5.93. The maximum absolute atomic E-state index is 14.5. The normalized spacial score (nSPS) is 11.3. The van der Waals surface area contributed by atoms with Crippen molar-refractivity contribution in [1.82, 2.24) is 0 Å². The second-order valence-corrected chi connectivity index (χ2v) is 9.49. The molecule has 0 heterocycles. The van der Waals surface area contributed by atoms with E-state index in [0.717, 1.165) is 13.0 Å². The molecule has 0 N–H and O–H groups in total. The molecule has 0 aliphatic heterocycles. The summed E-state index contributed by atoms with van der Waals surface area (Å²) in [4.78, 5) is 12.2. The molecule has 0 saturated carbocycles. The third kappa shape index (κ3) is 17.8. The zero-order valence-electron chi connectivity index (χ0n) is 26.3. The largest absolute Gasteiger partial charge is 0.423 e. The molecule has 43 heavy (non-hydrogen) atoms. The number of carbonyl (C=O) groups excluding carboxylic acids is 1. The van der Waals surface area contributed by atoms with E-state index in [4.69, 9.17) is 42.6 Å². The van der Waals surface area contributed by atoms with Crippen LogP contribution in [0.15, 0.2) is 6.58 Å². The number of rotatable bonds is 28. The molecule has 0 atom stereocenters. The molecule has 1 aromatic carbocycles. The molecule has 0 saturated heterocycles. The average molecular weight is 621 g/mol. The van der Waals surface area contributed by atoms with E-state index in [2.05, 4.69) is 13.5 Å². The molecule has 1 aromatic rings. The molecule has 12 heteroatoms. The SMILES string of the molecule is C=C(C)c1c(C)c(C)c(F)c(F)c1OC(=O)CCOCCOCCOCCOCCOCCOCCOCCOCCC. The summed E-state index contributed by atoms with van der Waals surface area (Å²) in [6.07, 6.45) is 0.880. The molecule has 0 radical (unpaired) electrons. The standard InChI is InChI=1S/C31H50F2O10/c1-6-8-35-10-12-37-14-16-39-18-20-41-22-23-42-21-19-40-17-15-38-13-11-36-9-7-27(34)43-31-28(24(2)3)25(4)26(5)29(32)30(31)33/h2,6-23H2,1,3-5H3. The number of ether oxygens (including phenoxy) is 9. The van der Waals surface area contributed by atoms with Crippen molar-refractivity contribution in [3.8, 4) is 5.75 Å². The molecular formula is C31H50F2O10. The fraction of sp³-hybridized carbons (Fsp3) is 0.710. The van der Waals surface area contributed by atoms with Crippen molar-refractivity contribution in [3.63, 3.8) is 0 Å². The Labute approximate surface area is 254 Å². The lowest BCUT2D eigenvalue weighted by molar-refractivity contribution is -0.136. The molecule has 0 aromatic heterocycles. The van der Waals surface area contributed by atoms with Gasteiger partial charge in [0.2, 0.25) is 5.82 Å². The molecule has 0 aliphatic rings. The molecule has 0 unspecified atom stereocenters. The number of benzene rings is 1. The molecule has 248 valence electrons. The Balaban J connectivity index is 1.91. The first-order valence-corrected chi connectivity index (χ1v) is 14.8. The predicted octanol–water partition coefficient (Wildman–Crippen LogP) is 4.45. The Hall–Kier alpha value is -2.03. The van der Waals surface area contributed by atoms with Gasteiger partial charge in [0.05, 0.1) is 106 Å². The molecule has 0 amide bonds. The van der Waals surface area contributed by atoms with E-state index in [1.54, 1.807) is 13.8 Å². The van der Waals surface area contributed by atoms with Crippen molar-refractivity contribution in [3.05, 3.63) is 34.9 Å². The molecule has 0 fully saturated rings. The van der Waals surface area contributed by atoms with Crippen LogP contribution in [0.3, 0.4) is 0 Å². The summed E-state index contributed by atoms with van der Waals surface area (Å²) in [5.74, 6) is -3.42. The molecule has 0 aliphatic carbocycles. The lowest BCUT2D eigenvalue weighted by Gasteiger charge is -2.17. The van der Waals surface area contributed by atoms with Crippen LogP contribution in [0.1, 0.15) is 43.4 Å². The summed E-state index contributed by atoms with van der Waals surface area (Å²) in [6.45, 7) is 17.8. The highest BCUT2D eigenvalue weighted by Crippen LogP contribution is 2.35. The number of allylic oxidation sites excluding steroid dienone is 1. The zero-order valence-corrected chi connectivity index (χ0v) is 26.3. The number of hydrogen-bond acceptors (Lipinski definition) is 10. The number of esters is 1. The van der Waals surface area contributed by atoms with Crippen molar-refractivity contribution in [1.29, 1.82) is 0 Å². The fourth-order valence-electron chi connectivity index (χ4n) is 3.61. The van der Waals surface area contributed by atoms with Gasteiger partial charge in [0.1, 0.15) is 0 Å². The minimum atomic E-state index is -1.20. The predicted molar refractivity (Wildman–Crippen MR) is 158 cm³/mol. The molecule has 0 bridgehead atoms. The van der Waals surface area contributed by atoms with Crippen LogP contribution in [-0.2, 0) is 42.7 Å². The van der Waals surface area contributed by atoms with Gasteiger partial charge in [0.15, 0.2) is 11.6 Å². The third-order valence-corrected chi connectivity index (χ3v) is 5.93. The van der Waals surface area contributed by atoms with Gasteiger partial charge in [-0.15, -0.1) is 0 Å². The Morgan fingerprint density at radius 1 is 0.581 bits per heavy atom. The van der Waals surface area contributed by atoms with Gasteiger partial charge in [-0.3, -0.25) is 4.79 Å². The highest BCUT2D eigenvalue weighted by atomic mass is 19.2. The number of carbonyl (C=O) groups is 1. The number of hydrogen-bond donors (Lipinski definition) is 0. The summed E-state index contributed by atoms with van der Waals surface area (Å²) in [5.41, 5.74) is 1.39. The van der Waals surface area contributed by atoms with Crippen LogP contribution >= 0.6 is 0 Å². The van der Waals surface area contributed by atoms with Gasteiger partial charge in [-0.2, -0.15) is 4.39 Å². The molecule has 10 nitrogen and oxygen atoms in total. The molecular weight excluding hydrogens is 570 g/mol. The minimum absolute atomic E-state index is 0.0501. The van der Waals surface area contributed by atoms with Crippen molar-refractivity contribution in [2.45, 2.75) is 40.5 Å². The van der Waals surface area contributed by atoms with Gasteiger partial charge < -0.3 is 42.6 Å². The first-order valence-electron chi connectivity index (χ1n) is 14.8. The van der Waals surface area contributed by atoms with Gasteiger partial charge in [0.25, 0.3) is 0 Å². The summed E-state index contributed by atoms with van der Waals surface area (Å²) in [7, 11) is 0. The Bertz CT molecular complexity index is 913. The van der Waals surface area contributed by atoms with Crippen molar-refractivity contribution >= 4 is 11.5 Å². The Morgan fingerprint density at radius 3 is 1.28 bits per heavy atom. The second kappa shape index (κ2) is 25.3. The van der Waals surface area contributed by atoms with E-state index in [1.165, 1.54) is 6.92 Å². The zero-order chi connectivity index (χ0) is 31.7. The van der Waals surface area contributed by atoms with Crippen LogP contribution in [0.4, 0.5) is 8.78 Å². The highest BCUT2D eigenvalue weighted by molar-refractivity contribution is 5.78. The van der Waals surface area contributed by atoms with Gasteiger partial charge in [-0.25, -0.2) is 4.39 Å². The first-order chi connectivity index (χ1) is 20.8. The minimum Gasteiger partial charge on any atom is -0.423 e. The van der Waals surface area contributed by atoms with Gasteiger partial charge in [-0.1, -0.05) is 13.5 Å². The summed E-state index contributed by atoms with van der Waals surface area (Å²) >= 11 is 0. The van der Waals surface area contributed by atoms with E-state index in [1.807, 2.05) is 0 Å². The topological polar surface area (TPSA) is 100 Å². The average Bonchev–Trinajstić information content (AvgIpc) is 2.98. The van der Waals surface area contributed by atoms with Crippen LogP contribution in [0.25, 0.3) is 5.57 Å². The van der Waals surface area contributed by atoms with E-state index in [-0.39, 0.29) is 25.2 Å². The van der Waals surface area contributed by atoms with Crippen molar-refractivity contribution < 1.29 is 56.2 Å². The van der Waals surface area contributed by atoms with Crippen LogP contribution < -0.4 is 4.74 Å². The van der Waals surface area contributed by atoms with Crippen LogP contribution in [-0.4, -0.2) is 112 Å². The monoisotopic (exact) mass is 620 g/mol. The highest BCUT2D eigenvalue weighted by Gasteiger charge is 2.24. The summed E-state index contributed by atoms with van der Waals surface area (Å²) < 4.78 is 77.0. The van der Waals surface area contributed by atoms with Gasteiger partial charge in [-0.05, 0) is 43.9 Å². The van der Waals surface area contributed by atoms with E-state index in [0.29, 0.717) is 103 Å². The number of halogens is 2.